The first-order valence-electron chi connectivity index (χ1n) is 6.52. The van der Waals surface area contributed by atoms with E-state index in [2.05, 4.69) is 29.0 Å². The Bertz CT molecular complexity index is 496. The maximum Gasteiger partial charge on any atom is 0.229 e. The summed E-state index contributed by atoms with van der Waals surface area (Å²) in [4.78, 5) is 8.26. The van der Waals surface area contributed by atoms with E-state index in [1.54, 1.807) is 12.4 Å². The van der Waals surface area contributed by atoms with Gasteiger partial charge in [0.25, 0.3) is 0 Å². The summed E-state index contributed by atoms with van der Waals surface area (Å²) < 4.78 is 5.15. The molecule has 0 aliphatic heterocycles. The van der Waals surface area contributed by atoms with Crippen molar-refractivity contribution in [3.05, 3.63) is 41.8 Å². The van der Waals surface area contributed by atoms with Crippen molar-refractivity contribution < 1.29 is 9.63 Å². The van der Waals surface area contributed by atoms with Crippen LogP contribution in [0.15, 0.2) is 29.0 Å². The third-order valence-electron chi connectivity index (χ3n) is 2.78. The van der Waals surface area contributed by atoms with Crippen LogP contribution in [0.2, 0.25) is 0 Å². The lowest BCUT2D eigenvalue weighted by atomic mass is 10.0. The molecule has 19 heavy (non-hydrogen) atoms. The van der Waals surface area contributed by atoms with Crippen LogP contribution in [0.4, 0.5) is 0 Å². The first kappa shape index (κ1) is 13.7. The number of nitrogens with zero attached hydrogens (tertiary/aromatic N) is 3. The Morgan fingerprint density at radius 2 is 2.00 bits per heavy atom. The van der Waals surface area contributed by atoms with E-state index >= 15 is 0 Å². The molecule has 0 aliphatic carbocycles. The molecule has 2 aromatic heterocycles. The SMILES string of the molecule is CC(C)CC(O)Cc1nc(Cc2ccncc2)no1. The molecule has 0 bridgehead atoms. The minimum absolute atomic E-state index is 0.418. The maximum atomic E-state index is 9.84. The van der Waals surface area contributed by atoms with Crippen molar-refractivity contribution in [1.82, 2.24) is 15.1 Å². The van der Waals surface area contributed by atoms with Gasteiger partial charge in [-0.15, -0.1) is 0 Å². The number of hydrogen-bond acceptors (Lipinski definition) is 5. The highest BCUT2D eigenvalue weighted by Gasteiger charge is 2.13. The first-order chi connectivity index (χ1) is 9.13. The van der Waals surface area contributed by atoms with Crippen molar-refractivity contribution >= 4 is 0 Å². The van der Waals surface area contributed by atoms with E-state index in [4.69, 9.17) is 4.52 Å². The van der Waals surface area contributed by atoms with E-state index in [0.29, 0.717) is 30.5 Å². The van der Waals surface area contributed by atoms with E-state index in [0.717, 1.165) is 12.0 Å². The molecule has 0 spiro atoms. The smallest absolute Gasteiger partial charge is 0.229 e. The molecule has 102 valence electrons. The zero-order chi connectivity index (χ0) is 13.7. The average Bonchev–Trinajstić information content (AvgIpc) is 2.76. The monoisotopic (exact) mass is 261 g/mol. The average molecular weight is 261 g/mol. The fraction of sp³-hybridized carbons (Fsp3) is 0.500. The van der Waals surface area contributed by atoms with Crippen LogP contribution in [-0.4, -0.2) is 26.3 Å². The van der Waals surface area contributed by atoms with Gasteiger partial charge >= 0.3 is 0 Å². The molecule has 0 saturated heterocycles. The molecular weight excluding hydrogens is 242 g/mol. The zero-order valence-corrected chi connectivity index (χ0v) is 11.3. The normalized spacial score (nSPS) is 12.8. The predicted octanol–water partition coefficient (Wildman–Crippen LogP) is 2.00. The maximum absolute atomic E-state index is 9.84. The van der Waals surface area contributed by atoms with Crippen molar-refractivity contribution in [3.8, 4) is 0 Å². The van der Waals surface area contributed by atoms with Crippen LogP contribution in [0.25, 0.3) is 0 Å². The summed E-state index contributed by atoms with van der Waals surface area (Å²) in [6.07, 6.45) is 4.83. The summed E-state index contributed by atoms with van der Waals surface area (Å²) >= 11 is 0. The van der Waals surface area contributed by atoms with E-state index in [-0.39, 0.29) is 0 Å². The Morgan fingerprint density at radius 1 is 1.26 bits per heavy atom. The predicted molar refractivity (Wildman–Crippen MR) is 70.5 cm³/mol. The van der Waals surface area contributed by atoms with Gasteiger partial charge in [-0.05, 0) is 30.0 Å². The summed E-state index contributed by atoms with van der Waals surface area (Å²) in [5.41, 5.74) is 1.09. The minimum Gasteiger partial charge on any atom is -0.393 e. The fourth-order valence-corrected chi connectivity index (χ4v) is 1.96. The highest BCUT2D eigenvalue weighted by atomic mass is 16.5. The Morgan fingerprint density at radius 3 is 2.68 bits per heavy atom. The number of aromatic nitrogens is 3. The summed E-state index contributed by atoms with van der Waals surface area (Å²) in [5.74, 6) is 1.59. The summed E-state index contributed by atoms with van der Waals surface area (Å²) in [7, 11) is 0. The summed E-state index contributed by atoms with van der Waals surface area (Å²) in [6, 6.07) is 3.84. The van der Waals surface area contributed by atoms with E-state index < -0.39 is 6.10 Å². The van der Waals surface area contributed by atoms with Gasteiger partial charge in [-0.25, -0.2) is 0 Å². The molecule has 5 heteroatoms. The lowest BCUT2D eigenvalue weighted by Crippen LogP contribution is -2.13. The molecule has 5 nitrogen and oxygen atoms in total. The van der Waals surface area contributed by atoms with Crippen molar-refractivity contribution in [3.63, 3.8) is 0 Å². The molecule has 0 aromatic carbocycles. The second-order valence-corrected chi connectivity index (χ2v) is 5.12. The van der Waals surface area contributed by atoms with Crippen LogP contribution >= 0.6 is 0 Å². The third-order valence-corrected chi connectivity index (χ3v) is 2.78. The van der Waals surface area contributed by atoms with Gasteiger partial charge in [-0.3, -0.25) is 4.98 Å². The molecule has 0 fully saturated rings. The van der Waals surface area contributed by atoms with Gasteiger partial charge in [0.15, 0.2) is 5.82 Å². The van der Waals surface area contributed by atoms with E-state index in [1.807, 2.05) is 12.1 Å². The number of aliphatic hydroxyl groups excluding tert-OH is 1. The molecule has 1 unspecified atom stereocenters. The van der Waals surface area contributed by atoms with E-state index in [1.165, 1.54) is 0 Å². The topological polar surface area (TPSA) is 72.0 Å². The summed E-state index contributed by atoms with van der Waals surface area (Å²) in [6.45, 7) is 4.15. The van der Waals surface area contributed by atoms with Gasteiger partial charge in [-0.1, -0.05) is 19.0 Å². The van der Waals surface area contributed by atoms with Crippen LogP contribution in [0.3, 0.4) is 0 Å². The first-order valence-corrected chi connectivity index (χ1v) is 6.52. The van der Waals surface area contributed by atoms with Crippen molar-refractivity contribution in [2.75, 3.05) is 0 Å². The number of rotatable bonds is 6. The van der Waals surface area contributed by atoms with Crippen molar-refractivity contribution in [2.24, 2.45) is 5.92 Å². The summed E-state index contributed by atoms with van der Waals surface area (Å²) in [5, 5.41) is 13.8. The standard InChI is InChI=1S/C14H19N3O2/c1-10(2)7-12(18)9-14-16-13(17-19-14)8-11-3-5-15-6-4-11/h3-6,10,12,18H,7-9H2,1-2H3. The minimum atomic E-state index is -0.422. The quantitative estimate of drug-likeness (QED) is 0.861. The van der Waals surface area contributed by atoms with Crippen LogP contribution in [-0.2, 0) is 12.8 Å². The van der Waals surface area contributed by atoms with Gasteiger partial charge in [0.05, 0.1) is 12.5 Å². The Hall–Kier alpha value is -1.75. The largest absolute Gasteiger partial charge is 0.393 e. The molecule has 0 radical (unpaired) electrons. The molecule has 0 saturated carbocycles. The lowest BCUT2D eigenvalue weighted by Gasteiger charge is -2.09. The fourth-order valence-electron chi connectivity index (χ4n) is 1.96. The van der Waals surface area contributed by atoms with Crippen LogP contribution in [0.5, 0.6) is 0 Å². The lowest BCUT2D eigenvalue weighted by molar-refractivity contribution is 0.138. The second kappa shape index (κ2) is 6.43. The molecule has 1 atom stereocenters. The van der Waals surface area contributed by atoms with Gasteiger partial charge in [0, 0.05) is 18.8 Å². The molecule has 0 amide bonds. The zero-order valence-electron chi connectivity index (χ0n) is 11.3. The molecule has 2 rings (SSSR count). The molecule has 2 heterocycles. The highest BCUT2D eigenvalue weighted by molar-refractivity contribution is 5.14. The Balaban J connectivity index is 1.92. The van der Waals surface area contributed by atoms with Crippen LogP contribution < -0.4 is 0 Å². The number of aliphatic hydroxyl groups is 1. The second-order valence-electron chi connectivity index (χ2n) is 5.12. The number of pyridine rings is 1. The molecule has 1 N–H and O–H groups in total. The van der Waals surface area contributed by atoms with Crippen molar-refractivity contribution in [1.29, 1.82) is 0 Å². The third kappa shape index (κ3) is 4.44. The Kier molecular flexibility index (Phi) is 4.63. The van der Waals surface area contributed by atoms with Gasteiger partial charge in [-0.2, -0.15) is 4.98 Å². The van der Waals surface area contributed by atoms with Crippen LogP contribution in [0.1, 0.15) is 37.5 Å². The van der Waals surface area contributed by atoms with Gasteiger partial charge < -0.3 is 9.63 Å². The molecule has 2 aromatic rings. The van der Waals surface area contributed by atoms with Gasteiger partial charge in [0.1, 0.15) is 0 Å². The number of hydrogen-bond donors (Lipinski definition) is 1. The van der Waals surface area contributed by atoms with Gasteiger partial charge in [0.2, 0.25) is 5.89 Å². The highest BCUT2D eigenvalue weighted by Crippen LogP contribution is 2.11. The Labute approximate surface area is 112 Å². The van der Waals surface area contributed by atoms with E-state index in [9.17, 15) is 5.11 Å². The molecule has 0 aliphatic rings. The van der Waals surface area contributed by atoms with Crippen LogP contribution in [0, 0.1) is 5.92 Å². The molecular formula is C14H19N3O2. The van der Waals surface area contributed by atoms with Crippen molar-refractivity contribution in [2.45, 2.75) is 39.2 Å².